The topological polar surface area (TPSA) is 38.3 Å². The molecule has 3 heteroatoms. The summed E-state index contributed by atoms with van der Waals surface area (Å²) in [4.78, 5) is 12.1. The van der Waals surface area contributed by atoms with Gasteiger partial charge in [-0.3, -0.25) is 4.79 Å². The van der Waals surface area contributed by atoms with Crippen LogP contribution in [0, 0.1) is 0 Å². The number of nitrogens with one attached hydrogen (secondary N) is 1. The lowest BCUT2D eigenvalue weighted by molar-refractivity contribution is -0.124. The number of benzene rings is 1. The van der Waals surface area contributed by atoms with Crippen molar-refractivity contribution in [3.05, 3.63) is 35.9 Å². The summed E-state index contributed by atoms with van der Waals surface area (Å²) >= 11 is 0. The van der Waals surface area contributed by atoms with Gasteiger partial charge in [-0.05, 0) is 18.4 Å². The van der Waals surface area contributed by atoms with Gasteiger partial charge in [0.15, 0.2) is 0 Å². The number of amides is 1. The molecule has 1 saturated carbocycles. The first-order valence-electron chi connectivity index (χ1n) is 7.12. The van der Waals surface area contributed by atoms with Gasteiger partial charge in [-0.1, -0.05) is 49.6 Å². The highest BCUT2D eigenvalue weighted by Gasteiger charge is 2.34. The summed E-state index contributed by atoms with van der Waals surface area (Å²) in [5.74, 6) is 0.0904. The van der Waals surface area contributed by atoms with Gasteiger partial charge in [0.25, 0.3) is 0 Å². The van der Waals surface area contributed by atoms with Crippen molar-refractivity contribution in [2.24, 2.45) is 0 Å². The van der Waals surface area contributed by atoms with Crippen molar-refractivity contribution in [3.8, 4) is 0 Å². The molecule has 1 amide bonds. The summed E-state index contributed by atoms with van der Waals surface area (Å²) in [6.45, 7) is 0.483. The molecule has 0 saturated heterocycles. The highest BCUT2D eigenvalue weighted by atomic mass is 16.5. The molecule has 3 nitrogen and oxygen atoms in total. The van der Waals surface area contributed by atoms with Crippen molar-refractivity contribution in [1.82, 2.24) is 5.32 Å². The van der Waals surface area contributed by atoms with E-state index in [2.05, 4.69) is 17.4 Å². The maximum atomic E-state index is 12.1. The number of carbonyl (C=O) groups is 1. The lowest BCUT2D eigenvalue weighted by Crippen LogP contribution is -2.47. The quantitative estimate of drug-likeness (QED) is 0.885. The fraction of sp³-hybridized carbons (Fsp3) is 0.562. The van der Waals surface area contributed by atoms with E-state index in [1.807, 2.05) is 18.2 Å². The Labute approximate surface area is 115 Å². The van der Waals surface area contributed by atoms with Gasteiger partial charge in [0, 0.05) is 13.5 Å². The van der Waals surface area contributed by atoms with Crippen LogP contribution < -0.4 is 5.32 Å². The van der Waals surface area contributed by atoms with Crippen LogP contribution in [0.3, 0.4) is 0 Å². The summed E-state index contributed by atoms with van der Waals surface area (Å²) in [7, 11) is 1.63. The monoisotopic (exact) mass is 261 g/mol. The summed E-state index contributed by atoms with van der Waals surface area (Å²) in [6, 6.07) is 10.4. The minimum Gasteiger partial charge on any atom is -0.384 e. The Morgan fingerprint density at radius 2 is 1.89 bits per heavy atom. The van der Waals surface area contributed by atoms with Gasteiger partial charge in [-0.2, -0.15) is 0 Å². The Balaban J connectivity index is 2.13. The third kappa shape index (κ3) is 3.57. The van der Waals surface area contributed by atoms with Gasteiger partial charge < -0.3 is 10.1 Å². The predicted molar refractivity (Wildman–Crippen MR) is 75.8 cm³/mol. The molecule has 0 radical (unpaired) electrons. The zero-order valence-electron chi connectivity index (χ0n) is 11.7. The first-order chi connectivity index (χ1) is 9.27. The molecule has 1 aliphatic carbocycles. The van der Waals surface area contributed by atoms with E-state index in [0.717, 1.165) is 12.8 Å². The Morgan fingerprint density at radius 1 is 1.21 bits per heavy atom. The second kappa shape index (κ2) is 6.71. The fourth-order valence-electron chi connectivity index (χ4n) is 2.92. The van der Waals surface area contributed by atoms with Crippen molar-refractivity contribution in [2.75, 3.05) is 13.7 Å². The van der Waals surface area contributed by atoms with E-state index >= 15 is 0 Å². The minimum atomic E-state index is -0.162. The Morgan fingerprint density at radius 3 is 2.53 bits per heavy atom. The van der Waals surface area contributed by atoms with Crippen molar-refractivity contribution in [1.29, 1.82) is 0 Å². The number of carbonyl (C=O) groups excluding carboxylic acids is 1. The van der Waals surface area contributed by atoms with E-state index in [4.69, 9.17) is 4.74 Å². The summed E-state index contributed by atoms with van der Waals surface area (Å²) < 4.78 is 4.98. The Bertz CT molecular complexity index is 396. The van der Waals surface area contributed by atoms with E-state index in [1.54, 1.807) is 7.11 Å². The average molecular weight is 261 g/mol. The molecule has 0 unspecified atom stereocenters. The molecular formula is C16H23NO2. The van der Waals surface area contributed by atoms with Crippen LogP contribution in [-0.4, -0.2) is 19.6 Å². The Kier molecular flexibility index (Phi) is 4.97. The normalized spacial score (nSPS) is 17.9. The van der Waals surface area contributed by atoms with Gasteiger partial charge >= 0.3 is 0 Å². The Hall–Kier alpha value is -1.35. The lowest BCUT2D eigenvalue weighted by Gasteiger charge is -2.38. The van der Waals surface area contributed by atoms with Crippen molar-refractivity contribution < 1.29 is 9.53 Å². The zero-order valence-corrected chi connectivity index (χ0v) is 11.7. The predicted octanol–water partition coefficient (Wildman–Crippen LogP) is 3.00. The zero-order chi connectivity index (χ0) is 13.6. The molecule has 1 fully saturated rings. The molecular weight excluding hydrogens is 238 g/mol. The average Bonchev–Trinajstić information content (AvgIpc) is 2.47. The largest absolute Gasteiger partial charge is 0.384 e. The van der Waals surface area contributed by atoms with Crippen LogP contribution in [0.15, 0.2) is 30.3 Å². The van der Waals surface area contributed by atoms with Gasteiger partial charge in [-0.15, -0.1) is 0 Å². The van der Waals surface area contributed by atoms with E-state index in [0.29, 0.717) is 13.0 Å². The molecule has 19 heavy (non-hydrogen) atoms. The second-order valence-corrected chi connectivity index (χ2v) is 5.30. The SMILES string of the molecule is COCCC(=O)NC1(c2ccccc2)CCCCC1. The smallest absolute Gasteiger partial charge is 0.223 e. The maximum absolute atomic E-state index is 12.1. The van der Waals surface area contributed by atoms with Crippen LogP contribution in [0.4, 0.5) is 0 Å². The highest BCUT2D eigenvalue weighted by Crippen LogP contribution is 2.37. The molecule has 0 atom stereocenters. The number of hydrogen-bond acceptors (Lipinski definition) is 2. The van der Waals surface area contributed by atoms with Gasteiger partial charge in [0.2, 0.25) is 5.91 Å². The molecule has 0 bridgehead atoms. The molecule has 2 rings (SSSR count). The molecule has 1 N–H and O–H groups in total. The summed E-state index contributed by atoms with van der Waals surface area (Å²) in [5, 5.41) is 3.26. The van der Waals surface area contributed by atoms with Gasteiger partial charge in [0.1, 0.15) is 0 Å². The molecule has 104 valence electrons. The van der Waals surface area contributed by atoms with E-state index in [1.165, 1.54) is 24.8 Å². The first kappa shape index (κ1) is 14.1. The first-order valence-corrected chi connectivity index (χ1v) is 7.12. The molecule has 1 aliphatic rings. The van der Waals surface area contributed by atoms with Gasteiger partial charge in [0.05, 0.1) is 12.1 Å². The maximum Gasteiger partial charge on any atom is 0.223 e. The van der Waals surface area contributed by atoms with Gasteiger partial charge in [-0.25, -0.2) is 0 Å². The van der Waals surface area contributed by atoms with E-state index in [-0.39, 0.29) is 11.4 Å². The number of rotatable bonds is 5. The molecule has 0 aromatic heterocycles. The van der Waals surface area contributed by atoms with Crippen LogP contribution in [0.1, 0.15) is 44.1 Å². The van der Waals surface area contributed by atoms with Crippen LogP contribution in [0.25, 0.3) is 0 Å². The number of methoxy groups -OCH3 is 1. The molecule has 1 aromatic carbocycles. The van der Waals surface area contributed by atoms with Crippen molar-refractivity contribution in [3.63, 3.8) is 0 Å². The summed E-state index contributed by atoms with van der Waals surface area (Å²) in [6.07, 6.45) is 6.14. The lowest BCUT2D eigenvalue weighted by atomic mass is 9.76. The molecule has 0 aliphatic heterocycles. The van der Waals surface area contributed by atoms with Crippen LogP contribution in [0.2, 0.25) is 0 Å². The minimum absolute atomic E-state index is 0.0904. The van der Waals surface area contributed by atoms with Crippen molar-refractivity contribution in [2.45, 2.75) is 44.1 Å². The molecule has 0 spiro atoms. The van der Waals surface area contributed by atoms with Crippen molar-refractivity contribution >= 4 is 5.91 Å². The molecule has 1 aromatic rings. The third-order valence-electron chi connectivity index (χ3n) is 3.95. The number of ether oxygens (including phenoxy) is 1. The number of hydrogen-bond donors (Lipinski definition) is 1. The van der Waals surface area contributed by atoms with Crippen LogP contribution in [0.5, 0.6) is 0 Å². The summed E-state index contributed by atoms with van der Waals surface area (Å²) in [5.41, 5.74) is 1.07. The highest BCUT2D eigenvalue weighted by molar-refractivity contribution is 5.77. The second-order valence-electron chi connectivity index (χ2n) is 5.30. The standard InChI is InChI=1S/C16H23NO2/c1-19-13-10-15(18)17-16(11-6-3-7-12-16)14-8-4-2-5-9-14/h2,4-5,8-9H,3,6-7,10-13H2,1H3,(H,17,18). The van der Waals surface area contributed by atoms with Crippen LogP contribution in [-0.2, 0) is 15.1 Å². The fourth-order valence-corrected chi connectivity index (χ4v) is 2.92. The third-order valence-corrected chi connectivity index (χ3v) is 3.95. The van der Waals surface area contributed by atoms with E-state index < -0.39 is 0 Å². The van der Waals surface area contributed by atoms with E-state index in [9.17, 15) is 4.79 Å². The molecule has 0 heterocycles. The van der Waals surface area contributed by atoms with Crippen LogP contribution >= 0.6 is 0 Å².